The van der Waals surface area contributed by atoms with Crippen LogP contribution in [0, 0.1) is 0 Å². The van der Waals surface area contributed by atoms with Crippen LogP contribution < -0.4 is 10.2 Å². The van der Waals surface area contributed by atoms with E-state index in [9.17, 15) is 9.59 Å². The molecule has 0 aliphatic carbocycles. The molecule has 3 rings (SSSR count). The third-order valence-electron chi connectivity index (χ3n) is 4.75. The van der Waals surface area contributed by atoms with Crippen LogP contribution in [0.4, 0.5) is 11.4 Å². The molecule has 1 aliphatic heterocycles. The average Bonchev–Trinajstić information content (AvgIpc) is 2.73. The van der Waals surface area contributed by atoms with E-state index in [1.165, 1.54) is 0 Å². The van der Waals surface area contributed by atoms with Crippen LogP contribution in [0.2, 0.25) is 0 Å². The number of morpholine rings is 1. The van der Waals surface area contributed by atoms with Crippen LogP contribution in [0.15, 0.2) is 48.5 Å². The van der Waals surface area contributed by atoms with Crippen molar-refractivity contribution in [3.8, 4) is 0 Å². The molecule has 0 aromatic heterocycles. The van der Waals surface area contributed by atoms with Crippen molar-refractivity contribution >= 4 is 23.2 Å². The van der Waals surface area contributed by atoms with Crippen LogP contribution in [0.1, 0.15) is 22.3 Å². The van der Waals surface area contributed by atoms with Gasteiger partial charge < -0.3 is 19.9 Å². The predicted molar refractivity (Wildman–Crippen MR) is 111 cm³/mol. The van der Waals surface area contributed by atoms with Crippen LogP contribution >= 0.6 is 0 Å². The number of rotatable bonds is 6. The summed E-state index contributed by atoms with van der Waals surface area (Å²) < 4.78 is 5.39. The number of hydrogen-bond acceptors (Lipinski definition) is 4. The first-order chi connectivity index (χ1) is 13.5. The van der Waals surface area contributed by atoms with E-state index in [1.807, 2.05) is 30.3 Å². The molecule has 2 aromatic carbocycles. The molecule has 0 saturated carbocycles. The van der Waals surface area contributed by atoms with Gasteiger partial charge in [-0.15, -0.1) is 0 Å². The maximum Gasteiger partial charge on any atom is 0.253 e. The van der Waals surface area contributed by atoms with E-state index in [1.54, 1.807) is 31.1 Å². The highest BCUT2D eigenvalue weighted by Crippen LogP contribution is 2.20. The molecule has 2 amide bonds. The Morgan fingerprint density at radius 3 is 2.46 bits per heavy atom. The summed E-state index contributed by atoms with van der Waals surface area (Å²) in [5, 5.41) is 2.98. The maximum absolute atomic E-state index is 12.3. The Kier molecular flexibility index (Phi) is 6.66. The third kappa shape index (κ3) is 5.33. The zero-order chi connectivity index (χ0) is 19.9. The van der Waals surface area contributed by atoms with E-state index >= 15 is 0 Å². The van der Waals surface area contributed by atoms with Gasteiger partial charge in [0.05, 0.1) is 13.2 Å². The number of amides is 2. The Morgan fingerprint density at radius 1 is 1.07 bits per heavy atom. The highest BCUT2D eigenvalue weighted by atomic mass is 16.5. The molecule has 0 atom stereocenters. The maximum atomic E-state index is 12.3. The Hall–Kier alpha value is -2.86. The Bertz CT molecular complexity index is 812. The fraction of sp³-hybridized carbons (Fsp3) is 0.364. The molecule has 0 bridgehead atoms. The molecule has 0 spiro atoms. The first-order valence-electron chi connectivity index (χ1n) is 9.56. The van der Waals surface area contributed by atoms with Crippen molar-refractivity contribution in [1.82, 2.24) is 4.90 Å². The van der Waals surface area contributed by atoms with Gasteiger partial charge >= 0.3 is 0 Å². The SMILES string of the molecule is CN(C)C(=O)c1ccc(CCC(=O)Nc2cccc(N3CCOCC3)c2)cc1. The van der Waals surface area contributed by atoms with Gasteiger partial charge in [0.25, 0.3) is 5.91 Å². The van der Waals surface area contributed by atoms with E-state index in [2.05, 4.69) is 16.3 Å². The topological polar surface area (TPSA) is 61.9 Å². The number of benzene rings is 2. The second-order valence-electron chi connectivity index (χ2n) is 7.09. The van der Waals surface area contributed by atoms with Crippen molar-refractivity contribution in [3.05, 3.63) is 59.7 Å². The normalized spacial score (nSPS) is 13.9. The van der Waals surface area contributed by atoms with Crippen molar-refractivity contribution in [1.29, 1.82) is 0 Å². The first-order valence-corrected chi connectivity index (χ1v) is 9.56. The molecule has 6 heteroatoms. The van der Waals surface area contributed by atoms with Crippen LogP contribution in [-0.2, 0) is 16.0 Å². The third-order valence-corrected chi connectivity index (χ3v) is 4.75. The smallest absolute Gasteiger partial charge is 0.253 e. The van der Waals surface area contributed by atoms with Crippen LogP contribution in [-0.4, -0.2) is 57.1 Å². The Labute approximate surface area is 166 Å². The number of carbonyl (C=O) groups excluding carboxylic acids is 2. The van der Waals surface area contributed by atoms with Crippen LogP contribution in [0.25, 0.3) is 0 Å². The van der Waals surface area contributed by atoms with Crippen molar-refractivity contribution in [2.75, 3.05) is 50.6 Å². The zero-order valence-electron chi connectivity index (χ0n) is 16.5. The minimum atomic E-state index is -0.0237. The summed E-state index contributed by atoms with van der Waals surface area (Å²) in [6.45, 7) is 3.19. The second-order valence-corrected chi connectivity index (χ2v) is 7.09. The van der Waals surface area contributed by atoms with Crippen LogP contribution in [0.5, 0.6) is 0 Å². The molecule has 1 N–H and O–H groups in total. The molecule has 0 unspecified atom stereocenters. The number of ether oxygens (including phenoxy) is 1. The first kappa shape index (κ1) is 19.9. The van der Waals surface area contributed by atoms with Gasteiger partial charge in [-0.05, 0) is 42.3 Å². The molecule has 1 heterocycles. The number of nitrogens with zero attached hydrogens (tertiary/aromatic N) is 2. The van der Waals surface area contributed by atoms with Gasteiger partial charge in [0.1, 0.15) is 0 Å². The van der Waals surface area contributed by atoms with E-state index in [0.717, 1.165) is 43.2 Å². The lowest BCUT2D eigenvalue weighted by atomic mass is 10.1. The van der Waals surface area contributed by atoms with Crippen molar-refractivity contribution < 1.29 is 14.3 Å². The van der Waals surface area contributed by atoms with E-state index in [0.29, 0.717) is 18.4 Å². The summed E-state index contributed by atoms with van der Waals surface area (Å²) in [7, 11) is 3.46. The van der Waals surface area contributed by atoms with Gasteiger partial charge in [-0.25, -0.2) is 0 Å². The highest BCUT2D eigenvalue weighted by Gasteiger charge is 2.12. The molecule has 148 valence electrons. The molecule has 28 heavy (non-hydrogen) atoms. The van der Waals surface area contributed by atoms with E-state index in [-0.39, 0.29) is 11.8 Å². The minimum absolute atomic E-state index is 0.0208. The van der Waals surface area contributed by atoms with E-state index in [4.69, 9.17) is 4.74 Å². The quantitative estimate of drug-likeness (QED) is 0.836. The largest absolute Gasteiger partial charge is 0.378 e. The summed E-state index contributed by atoms with van der Waals surface area (Å²) in [6, 6.07) is 15.3. The number of hydrogen-bond donors (Lipinski definition) is 1. The van der Waals surface area contributed by atoms with Gasteiger partial charge in [0.15, 0.2) is 0 Å². The fourth-order valence-corrected chi connectivity index (χ4v) is 3.16. The lowest BCUT2D eigenvalue weighted by Crippen LogP contribution is -2.36. The van der Waals surface area contributed by atoms with Gasteiger partial charge in [0, 0.05) is 50.5 Å². The number of carbonyl (C=O) groups is 2. The summed E-state index contributed by atoms with van der Waals surface area (Å²) in [4.78, 5) is 28.1. The molecule has 2 aromatic rings. The summed E-state index contributed by atoms with van der Waals surface area (Å²) in [6.07, 6.45) is 1.02. The average molecular weight is 381 g/mol. The molecular weight excluding hydrogens is 354 g/mol. The zero-order valence-corrected chi connectivity index (χ0v) is 16.5. The highest BCUT2D eigenvalue weighted by molar-refractivity contribution is 5.94. The summed E-state index contributed by atoms with van der Waals surface area (Å²) in [5.74, 6) is -0.0444. The standard InChI is InChI=1S/C22H27N3O3/c1-24(2)22(27)18-9-6-17(7-10-18)8-11-21(26)23-19-4-3-5-20(16-19)25-12-14-28-15-13-25/h3-7,9-10,16H,8,11-15H2,1-2H3,(H,23,26). The molecular formula is C22H27N3O3. The molecule has 6 nitrogen and oxygen atoms in total. The molecule has 0 radical (unpaired) electrons. The molecule has 1 fully saturated rings. The Morgan fingerprint density at radius 2 is 1.79 bits per heavy atom. The fourth-order valence-electron chi connectivity index (χ4n) is 3.16. The van der Waals surface area contributed by atoms with E-state index < -0.39 is 0 Å². The van der Waals surface area contributed by atoms with Gasteiger partial charge in [0.2, 0.25) is 5.91 Å². The van der Waals surface area contributed by atoms with Gasteiger partial charge in [-0.3, -0.25) is 9.59 Å². The van der Waals surface area contributed by atoms with Gasteiger partial charge in [-0.2, -0.15) is 0 Å². The lowest BCUT2D eigenvalue weighted by Gasteiger charge is -2.29. The Balaban J connectivity index is 1.52. The van der Waals surface area contributed by atoms with Crippen LogP contribution in [0.3, 0.4) is 0 Å². The summed E-state index contributed by atoms with van der Waals surface area (Å²) >= 11 is 0. The van der Waals surface area contributed by atoms with Crippen molar-refractivity contribution in [2.24, 2.45) is 0 Å². The molecule has 1 saturated heterocycles. The number of nitrogens with one attached hydrogen (secondary N) is 1. The number of aryl methyl sites for hydroxylation is 1. The number of anilines is 2. The van der Waals surface area contributed by atoms with Crippen molar-refractivity contribution in [3.63, 3.8) is 0 Å². The predicted octanol–water partition coefficient (Wildman–Crippen LogP) is 2.80. The van der Waals surface area contributed by atoms with Crippen molar-refractivity contribution in [2.45, 2.75) is 12.8 Å². The minimum Gasteiger partial charge on any atom is -0.378 e. The van der Waals surface area contributed by atoms with Gasteiger partial charge in [-0.1, -0.05) is 18.2 Å². The monoisotopic (exact) mass is 381 g/mol. The second kappa shape index (κ2) is 9.37. The summed E-state index contributed by atoms with van der Waals surface area (Å²) in [5.41, 5.74) is 3.59. The molecule has 1 aliphatic rings. The lowest BCUT2D eigenvalue weighted by molar-refractivity contribution is -0.116.